The molecule has 0 saturated heterocycles. The summed E-state index contributed by atoms with van der Waals surface area (Å²) in [6.45, 7) is 5.29. The summed E-state index contributed by atoms with van der Waals surface area (Å²) in [5.41, 5.74) is 0.881. The third-order valence-corrected chi connectivity index (χ3v) is 3.65. The summed E-state index contributed by atoms with van der Waals surface area (Å²) in [6.07, 6.45) is 1.91. The van der Waals surface area contributed by atoms with E-state index in [1.165, 1.54) is 12.1 Å². The Bertz CT molecular complexity index is 559. The van der Waals surface area contributed by atoms with Crippen molar-refractivity contribution in [3.8, 4) is 0 Å². The zero-order valence-corrected chi connectivity index (χ0v) is 12.4. The molecule has 0 bridgehead atoms. The Balaban J connectivity index is 2.25. The number of nitrogens with zero attached hydrogens (tertiary/aromatic N) is 1. The molecule has 2 rings (SSSR count). The fourth-order valence-electron chi connectivity index (χ4n) is 2.45. The summed E-state index contributed by atoms with van der Waals surface area (Å²) < 4.78 is 18.6. The zero-order valence-electron chi connectivity index (χ0n) is 12.4. The fraction of sp³-hybridized carbons (Fsp3) is 0.353. The molecule has 0 aliphatic rings. The fourth-order valence-corrected chi connectivity index (χ4v) is 2.45. The van der Waals surface area contributed by atoms with Crippen LogP contribution in [0.25, 0.3) is 0 Å². The van der Waals surface area contributed by atoms with Gasteiger partial charge in [0.25, 0.3) is 0 Å². The van der Waals surface area contributed by atoms with Crippen molar-refractivity contribution < 1.29 is 13.6 Å². The van der Waals surface area contributed by atoms with Gasteiger partial charge in [-0.2, -0.15) is 0 Å². The topological polar surface area (TPSA) is 33.5 Å². The number of hydrogen-bond acceptors (Lipinski definition) is 2. The number of furan rings is 1. The van der Waals surface area contributed by atoms with E-state index in [-0.39, 0.29) is 17.6 Å². The first-order valence-electron chi connectivity index (χ1n) is 7.22. The lowest BCUT2D eigenvalue weighted by Crippen LogP contribution is -2.31. The van der Waals surface area contributed by atoms with Crippen molar-refractivity contribution in [2.24, 2.45) is 0 Å². The molecule has 0 fully saturated rings. The molecule has 0 spiro atoms. The van der Waals surface area contributed by atoms with E-state index in [0.29, 0.717) is 19.5 Å². The average molecular weight is 289 g/mol. The normalized spacial score (nSPS) is 12.1. The molecule has 1 aromatic carbocycles. The van der Waals surface area contributed by atoms with Crippen molar-refractivity contribution in [1.82, 2.24) is 4.90 Å². The molecule has 1 atom stereocenters. The smallest absolute Gasteiger partial charge is 0.223 e. The molecular formula is C17H20FNO2. The number of benzene rings is 1. The predicted octanol–water partition coefficient (Wildman–Crippen LogP) is 3.81. The average Bonchev–Trinajstić information content (AvgIpc) is 3.01. The summed E-state index contributed by atoms with van der Waals surface area (Å²) in [6, 6.07) is 9.88. The van der Waals surface area contributed by atoms with Gasteiger partial charge in [0.15, 0.2) is 0 Å². The van der Waals surface area contributed by atoms with Crippen molar-refractivity contribution in [3.05, 3.63) is 59.8 Å². The minimum atomic E-state index is -0.285. The zero-order chi connectivity index (χ0) is 15.2. The van der Waals surface area contributed by atoms with Crippen molar-refractivity contribution in [3.63, 3.8) is 0 Å². The molecule has 1 heterocycles. The summed E-state index contributed by atoms with van der Waals surface area (Å²) >= 11 is 0. The Morgan fingerprint density at radius 3 is 2.38 bits per heavy atom. The van der Waals surface area contributed by atoms with E-state index in [2.05, 4.69) is 0 Å². The number of carbonyl (C=O) groups is 1. The van der Waals surface area contributed by atoms with Crippen LogP contribution in [0.3, 0.4) is 0 Å². The van der Waals surface area contributed by atoms with Gasteiger partial charge in [0.05, 0.1) is 12.2 Å². The molecule has 0 N–H and O–H groups in total. The van der Waals surface area contributed by atoms with E-state index in [1.54, 1.807) is 29.4 Å². The van der Waals surface area contributed by atoms with E-state index in [1.807, 2.05) is 19.9 Å². The highest BCUT2D eigenvalue weighted by Gasteiger charge is 2.23. The van der Waals surface area contributed by atoms with Crippen LogP contribution in [0, 0.1) is 5.82 Å². The van der Waals surface area contributed by atoms with E-state index in [4.69, 9.17) is 4.42 Å². The summed E-state index contributed by atoms with van der Waals surface area (Å²) in [7, 11) is 0. The van der Waals surface area contributed by atoms with E-state index < -0.39 is 0 Å². The van der Waals surface area contributed by atoms with Crippen LogP contribution in [0.1, 0.15) is 37.5 Å². The minimum absolute atomic E-state index is 0.0747. The van der Waals surface area contributed by atoms with Crippen LogP contribution in [0.4, 0.5) is 4.39 Å². The maximum absolute atomic E-state index is 13.1. The summed E-state index contributed by atoms with van der Waals surface area (Å²) in [5.74, 6) is 0.327. The third-order valence-electron chi connectivity index (χ3n) is 3.65. The monoisotopic (exact) mass is 289 g/mol. The van der Waals surface area contributed by atoms with Gasteiger partial charge in [0.1, 0.15) is 11.6 Å². The maximum atomic E-state index is 13.1. The van der Waals surface area contributed by atoms with Crippen LogP contribution in [0.5, 0.6) is 0 Å². The van der Waals surface area contributed by atoms with Gasteiger partial charge in [-0.3, -0.25) is 4.79 Å². The number of hydrogen-bond donors (Lipinski definition) is 0. The number of amides is 1. The van der Waals surface area contributed by atoms with Crippen LogP contribution in [-0.2, 0) is 4.79 Å². The standard InChI is InChI=1S/C17H20FNO2/c1-3-19(4-2)17(20)12-15(16-6-5-11-21-16)13-7-9-14(18)10-8-13/h5-11,15H,3-4,12H2,1-2H3/t15-/m1/s1. The molecule has 2 aromatic rings. The van der Waals surface area contributed by atoms with Crippen LogP contribution < -0.4 is 0 Å². The third kappa shape index (κ3) is 3.72. The summed E-state index contributed by atoms with van der Waals surface area (Å²) in [5, 5.41) is 0. The van der Waals surface area contributed by atoms with Crippen molar-refractivity contribution >= 4 is 5.91 Å². The SMILES string of the molecule is CCN(CC)C(=O)C[C@H](c1ccc(F)cc1)c1ccco1. The molecule has 1 aromatic heterocycles. The first kappa shape index (κ1) is 15.3. The second-order valence-electron chi connectivity index (χ2n) is 4.89. The summed E-state index contributed by atoms with van der Waals surface area (Å²) in [4.78, 5) is 14.2. The molecule has 21 heavy (non-hydrogen) atoms. The largest absolute Gasteiger partial charge is 0.469 e. The molecule has 0 aliphatic carbocycles. The van der Waals surface area contributed by atoms with Gasteiger partial charge >= 0.3 is 0 Å². The first-order chi connectivity index (χ1) is 10.2. The van der Waals surface area contributed by atoms with Crippen molar-refractivity contribution in [2.75, 3.05) is 13.1 Å². The van der Waals surface area contributed by atoms with Crippen molar-refractivity contribution in [2.45, 2.75) is 26.2 Å². The molecule has 112 valence electrons. The second-order valence-corrected chi connectivity index (χ2v) is 4.89. The molecule has 0 aliphatic heterocycles. The van der Waals surface area contributed by atoms with E-state index in [9.17, 15) is 9.18 Å². The maximum Gasteiger partial charge on any atom is 0.223 e. The number of rotatable bonds is 6. The van der Waals surface area contributed by atoms with Crippen LogP contribution in [0.2, 0.25) is 0 Å². The molecule has 0 radical (unpaired) electrons. The van der Waals surface area contributed by atoms with Crippen LogP contribution in [-0.4, -0.2) is 23.9 Å². The Morgan fingerprint density at radius 2 is 1.86 bits per heavy atom. The Morgan fingerprint density at radius 1 is 1.19 bits per heavy atom. The number of halogens is 1. The Kier molecular flexibility index (Phi) is 5.14. The number of carbonyl (C=O) groups excluding carboxylic acids is 1. The highest BCUT2D eigenvalue weighted by atomic mass is 19.1. The van der Waals surface area contributed by atoms with Gasteiger partial charge in [-0.05, 0) is 43.7 Å². The van der Waals surface area contributed by atoms with Gasteiger partial charge < -0.3 is 9.32 Å². The van der Waals surface area contributed by atoms with Gasteiger partial charge in [0.2, 0.25) is 5.91 Å². The molecule has 0 saturated carbocycles. The lowest BCUT2D eigenvalue weighted by Gasteiger charge is -2.22. The van der Waals surface area contributed by atoms with Crippen LogP contribution in [0.15, 0.2) is 47.1 Å². The highest BCUT2D eigenvalue weighted by molar-refractivity contribution is 5.77. The van der Waals surface area contributed by atoms with Gasteiger partial charge in [-0.1, -0.05) is 12.1 Å². The predicted molar refractivity (Wildman–Crippen MR) is 79.5 cm³/mol. The van der Waals surface area contributed by atoms with Gasteiger partial charge in [-0.25, -0.2) is 4.39 Å². The second kappa shape index (κ2) is 7.07. The molecule has 4 heteroatoms. The van der Waals surface area contributed by atoms with E-state index >= 15 is 0 Å². The molecule has 1 amide bonds. The van der Waals surface area contributed by atoms with E-state index in [0.717, 1.165) is 11.3 Å². The van der Waals surface area contributed by atoms with Gasteiger partial charge in [-0.15, -0.1) is 0 Å². The minimum Gasteiger partial charge on any atom is -0.469 e. The molecule has 0 unspecified atom stereocenters. The van der Waals surface area contributed by atoms with Crippen molar-refractivity contribution in [1.29, 1.82) is 0 Å². The highest BCUT2D eigenvalue weighted by Crippen LogP contribution is 2.29. The Labute approximate surface area is 124 Å². The van der Waals surface area contributed by atoms with Crippen LogP contribution >= 0.6 is 0 Å². The first-order valence-corrected chi connectivity index (χ1v) is 7.22. The van der Waals surface area contributed by atoms with Gasteiger partial charge in [0, 0.05) is 19.5 Å². The molecular weight excluding hydrogens is 269 g/mol. The molecule has 3 nitrogen and oxygen atoms in total. The quantitative estimate of drug-likeness (QED) is 0.810. The lowest BCUT2D eigenvalue weighted by molar-refractivity contribution is -0.131. The lowest BCUT2D eigenvalue weighted by atomic mass is 9.92. The Hall–Kier alpha value is -2.10.